The van der Waals surface area contributed by atoms with Gasteiger partial charge in [-0.2, -0.15) is 5.10 Å². The minimum absolute atomic E-state index is 0.272. The van der Waals surface area contributed by atoms with E-state index in [-0.39, 0.29) is 5.91 Å². The van der Waals surface area contributed by atoms with Crippen molar-refractivity contribution in [1.82, 2.24) is 5.43 Å². The Morgan fingerprint density at radius 2 is 1.78 bits per heavy atom. The van der Waals surface area contributed by atoms with E-state index in [1.165, 1.54) is 0 Å². The van der Waals surface area contributed by atoms with Gasteiger partial charge in [0.25, 0.3) is 5.91 Å². The predicted octanol–water partition coefficient (Wildman–Crippen LogP) is 3.62. The fraction of sp³-hybridized carbons (Fsp3) is 0.176. The van der Waals surface area contributed by atoms with Gasteiger partial charge in [-0.1, -0.05) is 22.0 Å². The normalized spacial score (nSPS) is 11.0. The highest BCUT2D eigenvalue weighted by Gasteiger charge is 2.08. The summed E-state index contributed by atoms with van der Waals surface area (Å²) in [5, 5.41) is 4.14. The maximum atomic E-state index is 12.1. The average Bonchev–Trinajstić information content (AvgIpc) is 2.58. The number of carbonyl (C=O) groups excluding carboxylic acids is 1. The standard InChI is InChI=1S/C17H17BrN2O3/c1-11(12-7-8-15(22-2)16(10-12)23-3)19-20-17(21)13-5-4-6-14(18)9-13/h4-10H,1-3H3,(H,20,21)/b19-11+. The molecule has 0 fully saturated rings. The van der Waals surface area contributed by atoms with Crippen molar-refractivity contribution in [3.8, 4) is 11.5 Å². The molecule has 0 aliphatic heterocycles. The van der Waals surface area contributed by atoms with Crippen LogP contribution in [-0.2, 0) is 0 Å². The highest BCUT2D eigenvalue weighted by atomic mass is 79.9. The van der Waals surface area contributed by atoms with Gasteiger partial charge in [0, 0.05) is 15.6 Å². The van der Waals surface area contributed by atoms with Crippen molar-refractivity contribution in [3.63, 3.8) is 0 Å². The van der Waals surface area contributed by atoms with Crippen molar-refractivity contribution in [1.29, 1.82) is 0 Å². The first-order valence-electron chi connectivity index (χ1n) is 6.87. The van der Waals surface area contributed by atoms with Gasteiger partial charge in [-0.3, -0.25) is 4.79 Å². The van der Waals surface area contributed by atoms with Crippen LogP contribution in [0.3, 0.4) is 0 Å². The summed E-state index contributed by atoms with van der Waals surface area (Å²) >= 11 is 3.34. The summed E-state index contributed by atoms with van der Waals surface area (Å²) in [6, 6.07) is 12.6. The van der Waals surface area contributed by atoms with E-state index in [0.29, 0.717) is 22.8 Å². The topological polar surface area (TPSA) is 59.9 Å². The number of amides is 1. The van der Waals surface area contributed by atoms with Crippen LogP contribution in [0.1, 0.15) is 22.8 Å². The van der Waals surface area contributed by atoms with Gasteiger partial charge in [-0.15, -0.1) is 0 Å². The molecule has 5 nitrogen and oxygen atoms in total. The number of nitrogens with one attached hydrogen (secondary N) is 1. The molecule has 6 heteroatoms. The molecule has 0 aliphatic rings. The summed E-state index contributed by atoms with van der Waals surface area (Å²) in [5.41, 5.74) is 4.57. The smallest absolute Gasteiger partial charge is 0.271 e. The molecule has 0 saturated heterocycles. The minimum atomic E-state index is -0.272. The highest BCUT2D eigenvalue weighted by molar-refractivity contribution is 9.10. The molecule has 2 aromatic rings. The van der Waals surface area contributed by atoms with Crippen molar-refractivity contribution in [3.05, 3.63) is 58.1 Å². The Morgan fingerprint density at radius 1 is 1.04 bits per heavy atom. The number of methoxy groups -OCH3 is 2. The van der Waals surface area contributed by atoms with Crippen molar-refractivity contribution >= 4 is 27.5 Å². The number of ether oxygens (including phenoxy) is 2. The Balaban J connectivity index is 2.15. The van der Waals surface area contributed by atoms with Crippen LogP contribution in [0.25, 0.3) is 0 Å². The first-order chi connectivity index (χ1) is 11.0. The summed E-state index contributed by atoms with van der Waals surface area (Å²) in [7, 11) is 3.15. The Morgan fingerprint density at radius 3 is 2.43 bits per heavy atom. The number of hydrogen-bond donors (Lipinski definition) is 1. The van der Waals surface area contributed by atoms with Crippen LogP contribution in [0, 0.1) is 0 Å². The van der Waals surface area contributed by atoms with Crippen molar-refractivity contribution in [2.75, 3.05) is 14.2 Å². The molecule has 0 heterocycles. The first-order valence-corrected chi connectivity index (χ1v) is 7.67. The quantitative estimate of drug-likeness (QED) is 0.640. The van der Waals surface area contributed by atoms with Crippen molar-refractivity contribution in [2.24, 2.45) is 5.10 Å². The van der Waals surface area contributed by atoms with E-state index in [4.69, 9.17) is 9.47 Å². The fourth-order valence-electron chi connectivity index (χ4n) is 1.95. The van der Waals surface area contributed by atoms with Gasteiger partial charge in [0.2, 0.25) is 0 Å². The molecule has 1 amide bonds. The Hall–Kier alpha value is -2.34. The van der Waals surface area contributed by atoms with E-state index in [9.17, 15) is 4.79 Å². The second kappa shape index (κ2) is 7.78. The number of nitrogens with zero attached hydrogens (tertiary/aromatic N) is 1. The lowest BCUT2D eigenvalue weighted by molar-refractivity contribution is 0.0955. The Bertz CT molecular complexity index is 744. The van der Waals surface area contributed by atoms with Gasteiger partial charge in [0.15, 0.2) is 11.5 Å². The maximum absolute atomic E-state index is 12.1. The number of halogens is 1. The average molecular weight is 377 g/mol. The Kier molecular flexibility index (Phi) is 5.76. The molecule has 120 valence electrons. The summed E-state index contributed by atoms with van der Waals surface area (Å²) in [6.07, 6.45) is 0. The van der Waals surface area contributed by atoms with Gasteiger partial charge in [0.05, 0.1) is 19.9 Å². The molecule has 0 saturated carbocycles. The lowest BCUT2D eigenvalue weighted by atomic mass is 10.1. The lowest BCUT2D eigenvalue weighted by Crippen LogP contribution is -2.19. The molecule has 0 aromatic heterocycles. The molecule has 23 heavy (non-hydrogen) atoms. The van der Waals surface area contributed by atoms with Gasteiger partial charge >= 0.3 is 0 Å². The van der Waals surface area contributed by atoms with E-state index in [2.05, 4.69) is 26.5 Å². The molecule has 0 unspecified atom stereocenters. The third kappa shape index (κ3) is 4.32. The van der Waals surface area contributed by atoms with Gasteiger partial charge in [0.1, 0.15) is 0 Å². The molecule has 0 atom stereocenters. The van der Waals surface area contributed by atoms with Crippen molar-refractivity contribution < 1.29 is 14.3 Å². The third-order valence-corrected chi connectivity index (χ3v) is 3.71. The zero-order chi connectivity index (χ0) is 16.8. The van der Waals surface area contributed by atoms with E-state index < -0.39 is 0 Å². The van der Waals surface area contributed by atoms with Gasteiger partial charge in [-0.25, -0.2) is 5.43 Å². The van der Waals surface area contributed by atoms with Crippen LogP contribution in [0.2, 0.25) is 0 Å². The molecule has 2 aromatic carbocycles. The summed E-state index contributed by atoms with van der Waals surface area (Å²) < 4.78 is 11.3. The number of hydrogen-bond acceptors (Lipinski definition) is 4. The van der Waals surface area contributed by atoms with E-state index in [1.807, 2.05) is 25.1 Å². The fourth-order valence-corrected chi connectivity index (χ4v) is 2.35. The molecule has 0 spiro atoms. The SMILES string of the molecule is COc1ccc(/C(C)=N/NC(=O)c2cccc(Br)c2)cc1OC. The zero-order valence-corrected chi connectivity index (χ0v) is 14.7. The summed E-state index contributed by atoms with van der Waals surface area (Å²) in [4.78, 5) is 12.1. The number of hydrazone groups is 1. The number of carbonyl (C=O) groups is 1. The van der Waals surface area contributed by atoms with Crippen LogP contribution in [-0.4, -0.2) is 25.8 Å². The van der Waals surface area contributed by atoms with Crippen LogP contribution < -0.4 is 14.9 Å². The second-order valence-corrected chi connectivity index (χ2v) is 5.63. The summed E-state index contributed by atoms with van der Waals surface area (Å²) in [5.74, 6) is 0.978. The highest BCUT2D eigenvalue weighted by Crippen LogP contribution is 2.27. The minimum Gasteiger partial charge on any atom is -0.493 e. The van der Waals surface area contributed by atoms with Crippen LogP contribution in [0.5, 0.6) is 11.5 Å². The molecule has 0 radical (unpaired) electrons. The number of rotatable bonds is 5. The monoisotopic (exact) mass is 376 g/mol. The molecular formula is C17H17BrN2O3. The van der Waals surface area contributed by atoms with E-state index in [0.717, 1.165) is 10.0 Å². The first kappa shape index (κ1) is 17.0. The van der Waals surface area contributed by atoms with Crippen molar-refractivity contribution in [2.45, 2.75) is 6.92 Å². The largest absolute Gasteiger partial charge is 0.493 e. The molecule has 1 N–H and O–H groups in total. The van der Waals surface area contributed by atoms with Crippen LogP contribution >= 0.6 is 15.9 Å². The Labute approximate surface area is 143 Å². The summed E-state index contributed by atoms with van der Waals surface area (Å²) in [6.45, 7) is 1.81. The van der Waals surface area contributed by atoms with Crippen LogP contribution in [0.15, 0.2) is 52.0 Å². The molecular weight excluding hydrogens is 360 g/mol. The lowest BCUT2D eigenvalue weighted by Gasteiger charge is -2.09. The second-order valence-electron chi connectivity index (χ2n) is 4.72. The molecule has 0 bridgehead atoms. The van der Waals surface area contributed by atoms with Gasteiger partial charge in [-0.05, 0) is 43.3 Å². The maximum Gasteiger partial charge on any atom is 0.271 e. The third-order valence-electron chi connectivity index (χ3n) is 3.21. The number of benzene rings is 2. The van der Waals surface area contributed by atoms with Gasteiger partial charge < -0.3 is 9.47 Å². The predicted molar refractivity (Wildman–Crippen MR) is 93.4 cm³/mol. The molecule has 2 rings (SSSR count). The van der Waals surface area contributed by atoms with Crippen LogP contribution in [0.4, 0.5) is 0 Å². The zero-order valence-electron chi connectivity index (χ0n) is 13.1. The van der Waals surface area contributed by atoms with E-state index >= 15 is 0 Å². The van der Waals surface area contributed by atoms with E-state index in [1.54, 1.807) is 38.5 Å². The molecule has 0 aliphatic carbocycles.